The molecule has 1 saturated carbocycles. The molecule has 0 bridgehead atoms. The Kier molecular flexibility index (Phi) is 4.22. The highest BCUT2D eigenvalue weighted by molar-refractivity contribution is 5.41. The molecule has 0 aromatic heterocycles. The van der Waals surface area contributed by atoms with Gasteiger partial charge in [-0.3, -0.25) is 0 Å². The summed E-state index contributed by atoms with van der Waals surface area (Å²) in [6, 6.07) is 7.76. The van der Waals surface area contributed by atoms with Crippen LogP contribution in [0.1, 0.15) is 36.8 Å². The summed E-state index contributed by atoms with van der Waals surface area (Å²) in [5.41, 5.74) is 1.66. The van der Waals surface area contributed by atoms with E-state index in [1.54, 1.807) is 0 Å². The number of nitriles is 1. The van der Waals surface area contributed by atoms with Crippen LogP contribution in [0.25, 0.3) is 0 Å². The fraction of sp³-hybridized carbons (Fsp3) is 0.533. The summed E-state index contributed by atoms with van der Waals surface area (Å²) in [6.45, 7) is 2.22. The summed E-state index contributed by atoms with van der Waals surface area (Å²) in [7, 11) is 0. The van der Waals surface area contributed by atoms with Crippen molar-refractivity contribution in [3.63, 3.8) is 0 Å². The van der Waals surface area contributed by atoms with Crippen LogP contribution in [0.3, 0.4) is 0 Å². The van der Waals surface area contributed by atoms with Crippen LogP contribution in [0, 0.1) is 24.2 Å². The average molecular weight is 245 g/mol. The van der Waals surface area contributed by atoms with Gasteiger partial charge in [-0.2, -0.15) is 5.26 Å². The molecular formula is C15H19NO2. The quantitative estimate of drug-likeness (QED) is 0.890. The molecule has 18 heavy (non-hydrogen) atoms. The number of rotatable bonds is 3. The summed E-state index contributed by atoms with van der Waals surface area (Å²) in [4.78, 5) is 0. The molecule has 1 aliphatic carbocycles. The highest BCUT2D eigenvalue weighted by atomic mass is 16.5. The van der Waals surface area contributed by atoms with E-state index >= 15 is 0 Å². The number of aliphatic hydroxyl groups is 1. The van der Waals surface area contributed by atoms with Gasteiger partial charge in [0.15, 0.2) is 0 Å². The molecule has 3 heteroatoms. The molecule has 0 aliphatic heterocycles. The predicted octanol–water partition coefficient (Wildman–Crippen LogP) is 2.80. The number of nitrogens with zero attached hydrogens (tertiary/aromatic N) is 1. The van der Waals surface area contributed by atoms with E-state index in [-0.39, 0.29) is 6.10 Å². The molecule has 96 valence electrons. The van der Waals surface area contributed by atoms with Gasteiger partial charge in [0, 0.05) is 6.61 Å². The molecule has 0 spiro atoms. The third-order valence-electron chi connectivity index (χ3n) is 3.67. The molecule has 1 aliphatic rings. The van der Waals surface area contributed by atoms with Crippen molar-refractivity contribution in [1.29, 1.82) is 5.26 Å². The third-order valence-corrected chi connectivity index (χ3v) is 3.67. The number of ether oxygens (including phenoxy) is 1. The van der Waals surface area contributed by atoms with E-state index in [4.69, 9.17) is 15.1 Å². The molecular weight excluding hydrogens is 226 g/mol. The van der Waals surface area contributed by atoms with Crippen LogP contribution in [0.15, 0.2) is 18.2 Å². The monoisotopic (exact) mass is 245 g/mol. The van der Waals surface area contributed by atoms with Gasteiger partial charge in [-0.05, 0) is 62.3 Å². The second kappa shape index (κ2) is 5.88. The Morgan fingerprint density at radius 3 is 2.61 bits per heavy atom. The molecule has 0 heterocycles. The van der Waals surface area contributed by atoms with E-state index in [2.05, 4.69) is 6.07 Å². The van der Waals surface area contributed by atoms with E-state index in [1.165, 1.54) is 0 Å². The highest BCUT2D eigenvalue weighted by Gasteiger charge is 2.21. The van der Waals surface area contributed by atoms with Gasteiger partial charge in [-0.25, -0.2) is 0 Å². The van der Waals surface area contributed by atoms with Crippen LogP contribution in [0.5, 0.6) is 5.75 Å². The Labute approximate surface area is 108 Å². The number of hydrogen-bond acceptors (Lipinski definition) is 3. The first kappa shape index (κ1) is 12.9. The number of aliphatic hydroxyl groups excluding tert-OH is 1. The van der Waals surface area contributed by atoms with Crippen molar-refractivity contribution in [3.05, 3.63) is 29.3 Å². The molecule has 1 fully saturated rings. The topological polar surface area (TPSA) is 53.2 Å². The van der Waals surface area contributed by atoms with Gasteiger partial charge in [0.25, 0.3) is 0 Å². The van der Waals surface area contributed by atoms with E-state index in [9.17, 15) is 0 Å². The van der Waals surface area contributed by atoms with Crippen molar-refractivity contribution in [3.8, 4) is 11.8 Å². The first-order chi connectivity index (χ1) is 8.72. The maximum Gasteiger partial charge on any atom is 0.120 e. The van der Waals surface area contributed by atoms with Gasteiger partial charge in [0.05, 0.1) is 17.7 Å². The number of benzene rings is 1. The molecule has 1 N–H and O–H groups in total. The molecule has 1 aromatic carbocycles. The van der Waals surface area contributed by atoms with Gasteiger partial charge < -0.3 is 9.84 Å². The van der Waals surface area contributed by atoms with Crippen molar-refractivity contribution in [2.45, 2.75) is 38.7 Å². The minimum absolute atomic E-state index is 0.250. The summed E-state index contributed by atoms with van der Waals surface area (Å²) in [6.07, 6.45) is 4.33. The lowest BCUT2D eigenvalue weighted by Crippen LogP contribution is -2.25. The van der Waals surface area contributed by atoms with Gasteiger partial charge in [0.1, 0.15) is 5.75 Å². The molecule has 2 rings (SSSR count). The van der Waals surface area contributed by atoms with Crippen molar-refractivity contribution < 1.29 is 9.84 Å². The zero-order valence-electron chi connectivity index (χ0n) is 10.7. The fourth-order valence-electron chi connectivity index (χ4n) is 2.46. The Bertz CT molecular complexity index is 442. The smallest absolute Gasteiger partial charge is 0.120 e. The minimum Gasteiger partial charge on any atom is -0.490 e. The Balaban J connectivity index is 1.94. The molecule has 0 amide bonds. The van der Waals surface area contributed by atoms with Crippen molar-refractivity contribution in [2.24, 2.45) is 5.92 Å². The van der Waals surface area contributed by atoms with Gasteiger partial charge in [-0.1, -0.05) is 0 Å². The molecule has 3 nitrogen and oxygen atoms in total. The van der Waals surface area contributed by atoms with E-state index in [1.807, 2.05) is 25.1 Å². The van der Waals surface area contributed by atoms with Crippen LogP contribution in [-0.2, 0) is 0 Å². The van der Waals surface area contributed by atoms with Crippen LogP contribution in [-0.4, -0.2) is 17.8 Å². The predicted molar refractivity (Wildman–Crippen MR) is 69.4 cm³/mol. The molecule has 0 saturated heterocycles. The molecule has 0 unspecified atom stereocenters. The standard InChI is InChI=1S/C15H19NO2/c1-11-8-15(7-4-13(11)9-16)18-14-5-2-12(10-17)3-6-14/h4,7-8,12,14,17H,2-3,5-6,10H2,1H3. The van der Waals surface area contributed by atoms with Crippen molar-refractivity contribution in [2.75, 3.05) is 6.61 Å². The first-order valence-electron chi connectivity index (χ1n) is 6.51. The maximum atomic E-state index is 9.09. The number of hydrogen-bond donors (Lipinski definition) is 1. The van der Waals surface area contributed by atoms with Gasteiger partial charge in [0.2, 0.25) is 0 Å². The lowest BCUT2D eigenvalue weighted by molar-refractivity contribution is 0.104. The molecule has 0 atom stereocenters. The summed E-state index contributed by atoms with van der Waals surface area (Å²) in [5.74, 6) is 1.30. The average Bonchev–Trinajstić information content (AvgIpc) is 2.40. The first-order valence-corrected chi connectivity index (χ1v) is 6.51. The van der Waals surface area contributed by atoms with Gasteiger partial charge in [-0.15, -0.1) is 0 Å². The number of aryl methyl sites for hydroxylation is 1. The molecule has 1 aromatic rings. The summed E-state index contributed by atoms with van der Waals surface area (Å²) in [5, 5.41) is 18.0. The second-order valence-electron chi connectivity index (χ2n) is 5.03. The Morgan fingerprint density at radius 2 is 2.06 bits per heavy atom. The van der Waals surface area contributed by atoms with Gasteiger partial charge >= 0.3 is 0 Å². The lowest BCUT2D eigenvalue weighted by Gasteiger charge is -2.28. The van der Waals surface area contributed by atoms with E-state index in [0.717, 1.165) is 37.0 Å². The van der Waals surface area contributed by atoms with Crippen LogP contribution >= 0.6 is 0 Å². The third kappa shape index (κ3) is 3.02. The van der Waals surface area contributed by atoms with Crippen LogP contribution in [0.4, 0.5) is 0 Å². The van der Waals surface area contributed by atoms with E-state index in [0.29, 0.717) is 18.1 Å². The zero-order chi connectivity index (χ0) is 13.0. The zero-order valence-corrected chi connectivity index (χ0v) is 10.7. The summed E-state index contributed by atoms with van der Waals surface area (Å²) < 4.78 is 5.94. The fourth-order valence-corrected chi connectivity index (χ4v) is 2.46. The second-order valence-corrected chi connectivity index (χ2v) is 5.03. The normalized spacial score (nSPS) is 23.4. The largest absolute Gasteiger partial charge is 0.490 e. The van der Waals surface area contributed by atoms with Crippen molar-refractivity contribution in [1.82, 2.24) is 0 Å². The maximum absolute atomic E-state index is 9.09. The van der Waals surface area contributed by atoms with Crippen LogP contribution in [0.2, 0.25) is 0 Å². The molecule has 0 radical (unpaired) electrons. The van der Waals surface area contributed by atoms with Crippen LogP contribution < -0.4 is 4.74 Å². The summed E-state index contributed by atoms with van der Waals surface area (Å²) >= 11 is 0. The minimum atomic E-state index is 0.250. The SMILES string of the molecule is Cc1cc(OC2CCC(CO)CC2)ccc1C#N. The highest BCUT2D eigenvalue weighted by Crippen LogP contribution is 2.28. The Morgan fingerprint density at radius 1 is 1.33 bits per heavy atom. The van der Waals surface area contributed by atoms with E-state index < -0.39 is 0 Å². The Hall–Kier alpha value is -1.53. The lowest BCUT2D eigenvalue weighted by atomic mass is 9.88. The van der Waals surface area contributed by atoms with Crippen molar-refractivity contribution >= 4 is 0 Å².